The van der Waals surface area contributed by atoms with Gasteiger partial charge >= 0.3 is 0 Å². The molecule has 6 heteroatoms. The highest BCUT2D eigenvalue weighted by molar-refractivity contribution is 14.0. The van der Waals surface area contributed by atoms with Crippen LogP contribution in [0.15, 0.2) is 51.9 Å². The maximum atomic E-state index is 10.7. The molecule has 2 aromatic rings. The number of benzene rings is 1. The fourth-order valence-corrected chi connectivity index (χ4v) is 2.67. The third-order valence-corrected chi connectivity index (χ3v) is 4.40. The van der Waals surface area contributed by atoms with E-state index < -0.39 is 5.60 Å². The molecule has 1 atom stereocenters. The van der Waals surface area contributed by atoms with Gasteiger partial charge in [-0.1, -0.05) is 44.2 Å². The topological polar surface area (TPSA) is 69.8 Å². The van der Waals surface area contributed by atoms with E-state index in [0.717, 1.165) is 12.3 Å². The molecular formula is C21H32IN3O2. The maximum absolute atomic E-state index is 10.7. The molecule has 0 aliphatic heterocycles. The molecule has 1 heterocycles. The highest BCUT2D eigenvalue weighted by Crippen LogP contribution is 2.23. The lowest BCUT2D eigenvalue weighted by atomic mass is 9.85. The van der Waals surface area contributed by atoms with Crippen LogP contribution in [0.3, 0.4) is 0 Å². The van der Waals surface area contributed by atoms with Crippen LogP contribution in [0, 0.1) is 6.92 Å². The zero-order valence-electron chi connectivity index (χ0n) is 16.9. The Balaban J connectivity index is 0.00000364. The summed E-state index contributed by atoms with van der Waals surface area (Å²) in [6.07, 6.45) is 0. The number of nitrogens with one attached hydrogen (secondary N) is 2. The molecule has 0 aliphatic carbocycles. The van der Waals surface area contributed by atoms with Gasteiger partial charge in [0.1, 0.15) is 17.1 Å². The Hall–Kier alpha value is -1.54. The molecule has 0 radical (unpaired) electrons. The number of furan rings is 1. The monoisotopic (exact) mass is 485 g/mol. The second-order valence-corrected chi connectivity index (χ2v) is 7.48. The van der Waals surface area contributed by atoms with Crippen molar-refractivity contribution < 1.29 is 9.52 Å². The maximum Gasteiger partial charge on any atom is 0.191 e. The standard InChI is InChI=1S/C21H31N3O2.HI/c1-6-22-19(23-14-20(3,4)17-10-8-7-9-11-17)24-15-21(5,25)18-13-12-16(2)26-18;/h7-13,25H,6,14-15H2,1-5H3,(H2,22,23,24);1H. The van der Waals surface area contributed by atoms with Crippen molar-refractivity contribution in [3.05, 3.63) is 59.5 Å². The van der Waals surface area contributed by atoms with Crippen LogP contribution in [0.5, 0.6) is 0 Å². The first kappa shape index (κ1) is 23.5. The Morgan fingerprint density at radius 1 is 1.07 bits per heavy atom. The number of nitrogens with zero attached hydrogens (tertiary/aromatic N) is 1. The molecule has 27 heavy (non-hydrogen) atoms. The number of aryl methyl sites for hydroxylation is 1. The normalized spacial score (nSPS) is 14.2. The second kappa shape index (κ2) is 10.1. The van der Waals surface area contributed by atoms with E-state index in [-0.39, 0.29) is 29.4 Å². The SMILES string of the molecule is CCNC(=NCC(C)(C)c1ccccc1)NCC(C)(O)c1ccc(C)o1.I. The Labute approximate surface area is 179 Å². The van der Waals surface area contributed by atoms with Gasteiger partial charge < -0.3 is 20.2 Å². The third kappa shape index (κ3) is 6.84. The van der Waals surface area contributed by atoms with Crippen LogP contribution in [0.25, 0.3) is 0 Å². The number of halogens is 1. The number of aliphatic imine (C=N–C) groups is 1. The summed E-state index contributed by atoms with van der Waals surface area (Å²) in [5.41, 5.74) is 0.0570. The van der Waals surface area contributed by atoms with Gasteiger partial charge in [0.2, 0.25) is 0 Å². The molecule has 0 fully saturated rings. The summed E-state index contributed by atoms with van der Waals surface area (Å²) in [6.45, 7) is 11.7. The Morgan fingerprint density at radius 2 is 1.74 bits per heavy atom. The lowest BCUT2D eigenvalue weighted by Gasteiger charge is -2.25. The minimum absolute atomic E-state index is 0. The van der Waals surface area contributed by atoms with E-state index in [4.69, 9.17) is 9.41 Å². The quantitative estimate of drug-likeness (QED) is 0.316. The molecule has 0 amide bonds. The molecule has 5 nitrogen and oxygen atoms in total. The molecule has 0 spiro atoms. The molecule has 0 bridgehead atoms. The predicted molar refractivity (Wildman–Crippen MR) is 122 cm³/mol. The summed E-state index contributed by atoms with van der Waals surface area (Å²) in [6, 6.07) is 14.0. The molecular weight excluding hydrogens is 453 g/mol. The first-order valence-corrected chi connectivity index (χ1v) is 9.11. The fraction of sp³-hybridized carbons (Fsp3) is 0.476. The van der Waals surface area contributed by atoms with Gasteiger partial charge in [-0.05, 0) is 38.5 Å². The van der Waals surface area contributed by atoms with E-state index in [0.29, 0.717) is 24.8 Å². The molecule has 2 rings (SSSR count). The van der Waals surface area contributed by atoms with E-state index in [1.807, 2.05) is 38.1 Å². The van der Waals surface area contributed by atoms with Crippen LogP contribution >= 0.6 is 24.0 Å². The van der Waals surface area contributed by atoms with Crippen molar-refractivity contribution in [3.63, 3.8) is 0 Å². The molecule has 0 saturated heterocycles. The Bertz CT molecular complexity index is 724. The van der Waals surface area contributed by atoms with Crippen molar-refractivity contribution in [2.24, 2.45) is 4.99 Å². The Morgan fingerprint density at radius 3 is 2.30 bits per heavy atom. The summed E-state index contributed by atoms with van der Waals surface area (Å²) < 4.78 is 5.56. The minimum atomic E-state index is -1.11. The van der Waals surface area contributed by atoms with Crippen molar-refractivity contribution in [1.29, 1.82) is 0 Å². The smallest absolute Gasteiger partial charge is 0.191 e. The van der Waals surface area contributed by atoms with E-state index in [9.17, 15) is 5.11 Å². The Kier molecular flexibility index (Phi) is 8.81. The van der Waals surface area contributed by atoms with Crippen LogP contribution in [-0.2, 0) is 11.0 Å². The van der Waals surface area contributed by atoms with Gasteiger partial charge in [0.05, 0.1) is 13.1 Å². The predicted octanol–water partition coefficient (Wildman–Crippen LogP) is 3.95. The average molecular weight is 485 g/mol. The van der Waals surface area contributed by atoms with Gasteiger partial charge in [-0.15, -0.1) is 24.0 Å². The molecule has 1 aromatic heterocycles. The third-order valence-electron chi connectivity index (χ3n) is 4.40. The average Bonchev–Trinajstić information content (AvgIpc) is 3.06. The van der Waals surface area contributed by atoms with E-state index in [1.54, 1.807) is 13.0 Å². The zero-order valence-corrected chi connectivity index (χ0v) is 19.2. The summed E-state index contributed by atoms with van der Waals surface area (Å²) in [4.78, 5) is 4.72. The number of guanidine groups is 1. The van der Waals surface area contributed by atoms with Crippen LogP contribution in [0.2, 0.25) is 0 Å². The molecule has 0 saturated carbocycles. The van der Waals surface area contributed by atoms with Gasteiger partial charge in [-0.25, -0.2) is 0 Å². The molecule has 150 valence electrons. The zero-order chi connectivity index (χ0) is 19.2. The molecule has 1 unspecified atom stereocenters. The number of hydrogen-bond acceptors (Lipinski definition) is 3. The van der Waals surface area contributed by atoms with Crippen LogP contribution in [0.4, 0.5) is 0 Å². The summed E-state index contributed by atoms with van der Waals surface area (Å²) in [7, 11) is 0. The lowest BCUT2D eigenvalue weighted by Crippen LogP contribution is -2.45. The van der Waals surface area contributed by atoms with Crippen molar-refractivity contribution in [2.45, 2.75) is 45.6 Å². The largest absolute Gasteiger partial charge is 0.463 e. The van der Waals surface area contributed by atoms with Gasteiger partial charge in [0.25, 0.3) is 0 Å². The van der Waals surface area contributed by atoms with Crippen LogP contribution in [0.1, 0.15) is 44.8 Å². The second-order valence-electron chi connectivity index (χ2n) is 7.48. The van der Waals surface area contributed by atoms with E-state index in [2.05, 4.69) is 36.6 Å². The first-order valence-electron chi connectivity index (χ1n) is 9.11. The van der Waals surface area contributed by atoms with Gasteiger partial charge in [-0.3, -0.25) is 4.99 Å². The highest BCUT2D eigenvalue weighted by atomic mass is 127. The van der Waals surface area contributed by atoms with E-state index >= 15 is 0 Å². The van der Waals surface area contributed by atoms with Gasteiger partial charge in [0.15, 0.2) is 5.96 Å². The summed E-state index contributed by atoms with van der Waals surface area (Å²) in [5.74, 6) is 2.01. The van der Waals surface area contributed by atoms with Gasteiger partial charge in [0, 0.05) is 12.0 Å². The lowest BCUT2D eigenvalue weighted by molar-refractivity contribution is 0.0378. The molecule has 0 aliphatic rings. The molecule has 1 aromatic carbocycles. The molecule has 3 N–H and O–H groups in total. The van der Waals surface area contributed by atoms with E-state index in [1.165, 1.54) is 5.56 Å². The first-order chi connectivity index (χ1) is 12.2. The van der Waals surface area contributed by atoms with Gasteiger partial charge in [-0.2, -0.15) is 0 Å². The summed E-state index contributed by atoms with van der Waals surface area (Å²) >= 11 is 0. The van der Waals surface area contributed by atoms with Crippen LogP contribution in [-0.4, -0.2) is 30.7 Å². The number of hydrogen-bond donors (Lipinski definition) is 3. The number of rotatable bonds is 7. The summed E-state index contributed by atoms with van der Waals surface area (Å²) in [5, 5.41) is 17.1. The van der Waals surface area contributed by atoms with Crippen LogP contribution < -0.4 is 10.6 Å². The van der Waals surface area contributed by atoms with Crippen molar-refractivity contribution >= 4 is 29.9 Å². The number of aliphatic hydroxyl groups is 1. The minimum Gasteiger partial charge on any atom is -0.463 e. The van der Waals surface area contributed by atoms with Crippen molar-refractivity contribution in [3.8, 4) is 0 Å². The van der Waals surface area contributed by atoms with Crippen molar-refractivity contribution in [1.82, 2.24) is 10.6 Å². The fourth-order valence-electron chi connectivity index (χ4n) is 2.67. The highest BCUT2D eigenvalue weighted by Gasteiger charge is 2.27. The van der Waals surface area contributed by atoms with Crippen molar-refractivity contribution in [2.75, 3.05) is 19.6 Å².